The SMILES string of the molecule is Cc1cc(O)c(C(C)CCC(=O)C(C)C)c(O)c1. The van der Waals surface area contributed by atoms with Crippen molar-refractivity contribution in [3.8, 4) is 11.5 Å². The van der Waals surface area contributed by atoms with E-state index in [-0.39, 0.29) is 29.1 Å². The predicted octanol–water partition coefficient (Wildman–Crippen LogP) is 3.52. The molecule has 0 saturated heterocycles. The average Bonchev–Trinajstić information content (AvgIpc) is 2.24. The van der Waals surface area contributed by atoms with Crippen LogP contribution in [0.15, 0.2) is 12.1 Å². The van der Waals surface area contributed by atoms with Gasteiger partial charge in [-0.05, 0) is 37.0 Å². The van der Waals surface area contributed by atoms with Crippen LogP contribution in [-0.4, -0.2) is 16.0 Å². The molecule has 0 fully saturated rings. The molecule has 0 amide bonds. The van der Waals surface area contributed by atoms with Crippen LogP contribution >= 0.6 is 0 Å². The summed E-state index contributed by atoms with van der Waals surface area (Å²) in [5, 5.41) is 19.7. The lowest BCUT2D eigenvalue weighted by Gasteiger charge is -2.16. The zero-order valence-corrected chi connectivity index (χ0v) is 11.5. The third kappa shape index (κ3) is 3.49. The molecule has 18 heavy (non-hydrogen) atoms. The molecular weight excluding hydrogens is 228 g/mol. The van der Waals surface area contributed by atoms with Gasteiger partial charge in [-0.3, -0.25) is 4.79 Å². The first-order valence-corrected chi connectivity index (χ1v) is 6.38. The van der Waals surface area contributed by atoms with E-state index in [1.54, 1.807) is 12.1 Å². The van der Waals surface area contributed by atoms with E-state index >= 15 is 0 Å². The van der Waals surface area contributed by atoms with Gasteiger partial charge in [-0.2, -0.15) is 0 Å². The van der Waals surface area contributed by atoms with E-state index in [0.717, 1.165) is 5.56 Å². The van der Waals surface area contributed by atoms with Crippen molar-refractivity contribution in [3.63, 3.8) is 0 Å². The van der Waals surface area contributed by atoms with E-state index in [0.29, 0.717) is 18.4 Å². The Bertz CT molecular complexity index is 412. The number of phenols is 2. The van der Waals surface area contributed by atoms with Crippen molar-refractivity contribution in [2.24, 2.45) is 5.92 Å². The Morgan fingerprint density at radius 2 is 1.67 bits per heavy atom. The van der Waals surface area contributed by atoms with E-state index in [1.165, 1.54) is 0 Å². The highest BCUT2D eigenvalue weighted by atomic mass is 16.3. The number of aryl methyl sites for hydroxylation is 1. The molecule has 3 heteroatoms. The van der Waals surface area contributed by atoms with Gasteiger partial charge >= 0.3 is 0 Å². The summed E-state index contributed by atoms with van der Waals surface area (Å²) < 4.78 is 0. The van der Waals surface area contributed by atoms with Gasteiger partial charge < -0.3 is 10.2 Å². The highest BCUT2D eigenvalue weighted by molar-refractivity contribution is 5.80. The molecule has 0 saturated carbocycles. The molecule has 2 N–H and O–H groups in total. The van der Waals surface area contributed by atoms with E-state index < -0.39 is 0 Å². The molecule has 1 unspecified atom stereocenters. The van der Waals surface area contributed by atoms with Gasteiger partial charge in [-0.15, -0.1) is 0 Å². The smallest absolute Gasteiger partial charge is 0.135 e. The molecule has 100 valence electrons. The molecule has 0 aliphatic rings. The topological polar surface area (TPSA) is 57.5 Å². The van der Waals surface area contributed by atoms with Crippen LogP contribution in [0, 0.1) is 12.8 Å². The molecule has 3 nitrogen and oxygen atoms in total. The van der Waals surface area contributed by atoms with Crippen LogP contribution < -0.4 is 0 Å². The number of carbonyl (C=O) groups excluding carboxylic acids is 1. The van der Waals surface area contributed by atoms with Gasteiger partial charge in [0.25, 0.3) is 0 Å². The maximum atomic E-state index is 11.6. The second kappa shape index (κ2) is 5.89. The van der Waals surface area contributed by atoms with Crippen molar-refractivity contribution in [1.29, 1.82) is 0 Å². The minimum Gasteiger partial charge on any atom is -0.508 e. The van der Waals surface area contributed by atoms with Crippen molar-refractivity contribution in [2.75, 3.05) is 0 Å². The second-order valence-corrected chi connectivity index (χ2v) is 5.28. The van der Waals surface area contributed by atoms with E-state index in [4.69, 9.17) is 0 Å². The third-order valence-electron chi connectivity index (χ3n) is 3.24. The molecule has 0 spiro atoms. The zero-order chi connectivity index (χ0) is 13.9. The van der Waals surface area contributed by atoms with Crippen LogP contribution in [-0.2, 0) is 4.79 Å². The van der Waals surface area contributed by atoms with Crippen LogP contribution in [0.3, 0.4) is 0 Å². The van der Waals surface area contributed by atoms with E-state index in [9.17, 15) is 15.0 Å². The molecule has 1 atom stereocenters. The molecule has 0 aliphatic carbocycles. The maximum Gasteiger partial charge on any atom is 0.135 e. The van der Waals surface area contributed by atoms with Gasteiger partial charge in [0.2, 0.25) is 0 Å². The van der Waals surface area contributed by atoms with E-state index in [2.05, 4.69) is 0 Å². The van der Waals surface area contributed by atoms with Crippen LogP contribution in [0.25, 0.3) is 0 Å². The Labute approximate surface area is 108 Å². The fraction of sp³-hybridized carbons (Fsp3) is 0.533. The summed E-state index contributed by atoms with van der Waals surface area (Å²) in [6.45, 7) is 7.50. The Kier molecular flexibility index (Phi) is 4.76. The van der Waals surface area contributed by atoms with Crippen molar-refractivity contribution >= 4 is 5.78 Å². The normalized spacial score (nSPS) is 12.7. The Morgan fingerprint density at radius 3 is 2.11 bits per heavy atom. The summed E-state index contributed by atoms with van der Waals surface area (Å²) in [5.74, 6) is 0.438. The molecule has 0 radical (unpaired) electrons. The minimum absolute atomic E-state index is 0.0340. The number of phenolic OH excluding ortho intramolecular Hbond substituents is 2. The van der Waals surface area contributed by atoms with Crippen molar-refractivity contribution in [1.82, 2.24) is 0 Å². The van der Waals surface area contributed by atoms with Gasteiger partial charge in [0.15, 0.2) is 0 Å². The largest absolute Gasteiger partial charge is 0.508 e. The maximum absolute atomic E-state index is 11.6. The number of carbonyl (C=O) groups is 1. The van der Waals surface area contributed by atoms with Crippen LogP contribution in [0.1, 0.15) is 50.7 Å². The van der Waals surface area contributed by atoms with Gasteiger partial charge in [-0.1, -0.05) is 20.8 Å². The third-order valence-corrected chi connectivity index (χ3v) is 3.24. The quantitative estimate of drug-likeness (QED) is 0.840. The summed E-state index contributed by atoms with van der Waals surface area (Å²) in [6, 6.07) is 3.27. The van der Waals surface area contributed by atoms with Gasteiger partial charge in [0.1, 0.15) is 17.3 Å². The number of Topliss-reactive ketones (excluding diaryl/α,β-unsaturated/α-hetero) is 1. The molecule has 0 aliphatic heterocycles. The highest BCUT2D eigenvalue weighted by Crippen LogP contribution is 2.37. The van der Waals surface area contributed by atoms with Crippen LogP contribution in [0.5, 0.6) is 11.5 Å². The standard InChI is InChI=1S/C15H22O3/c1-9(2)12(16)6-5-11(4)15-13(17)7-10(3)8-14(15)18/h7-9,11,17-18H,5-6H2,1-4H3. The number of ketones is 1. The van der Waals surface area contributed by atoms with Crippen LogP contribution in [0.2, 0.25) is 0 Å². The first-order chi connectivity index (χ1) is 8.32. The predicted molar refractivity (Wildman–Crippen MR) is 72.0 cm³/mol. The monoisotopic (exact) mass is 250 g/mol. The molecule has 0 heterocycles. The number of benzene rings is 1. The summed E-state index contributed by atoms with van der Waals surface area (Å²) in [4.78, 5) is 11.6. The van der Waals surface area contributed by atoms with Crippen molar-refractivity contribution in [2.45, 2.75) is 46.5 Å². The average molecular weight is 250 g/mol. The number of hydrogen-bond donors (Lipinski definition) is 2. The first kappa shape index (κ1) is 14.6. The van der Waals surface area contributed by atoms with E-state index in [1.807, 2.05) is 27.7 Å². The summed E-state index contributed by atoms with van der Waals surface area (Å²) in [6.07, 6.45) is 1.12. The number of rotatable bonds is 5. The Balaban J connectivity index is 2.79. The van der Waals surface area contributed by atoms with Crippen LogP contribution in [0.4, 0.5) is 0 Å². The van der Waals surface area contributed by atoms with Crippen molar-refractivity contribution < 1.29 is 15.0 Å². The highest BCUT2D eigenvalue weighted by Gasteiger charge is 2.17. The van der Waals surface area contributed by atoms with Crippen molar-refractivity contribution in [3.05, 3.63) is 23.3 Å². The van der Waals surface area contributed by atoms with Gasteiger partial charge in [-0.25, -0.2) is 0 Å². The first-order valence-electron chi connectivity index (χ1n) is 6.38. The summed E-state index contributed by atoms with van der Waals surface area (Å²) in [7, 11) is 0. The summed E-state index contributed by atoms with van der Waals surface area (Å²) >= 11 is 0. The molecular formula is C15H22O3. The summed E-state index contributed by atoms with van der Waals surface area (Å²) in [5.41, 5.74) is 1.36. The second-order valence-electron chi connectivity index (χ2n) is 5.28. The fourth-order valence-corrected chi connectivity index (χ4v) is 2.06. The number of hydrogen-bond acceptors (Lipinski definition) is 3. The Morgan fingerprint density at radius 1 is 1.17 bits per heavy atom. The lowest BCUT2D eigenvalue weighted by Crippen LogP contribution is -2.08. The molecule has 1 aromatic carbocycles. The molecule has 0 aromatic heterocycles. The molecule has 1 aromatic rings. The lowest BCUT2D eigenvalue weighted by atomic mass is 9.91. The van der Waals surface area contributed by atoms with Gasteiger partial charge in [0.05, 0.1) is 0 Å². The zero-order valence-electron chi connectivity index (χ0n) is 11.5. The Hall–Kier alpha value is -1.51. The molecule has 0 bridgehead atoms. The van der Waals surface area contributed by atoms with Gasteiger partial charge in [0, 0.05) is 17.9 Å². The lowest BCUT2D eigenvalue weighted by molar-refractivity contribution is -0.122. The molecule has 1 rings (SSSR count). The minimum atomic E-state index is -0.0340. The number of aromatic hydroxyl groups is 2. The fourth-order valence-electron chi connectivity index (χ4n) is 2.06.